The molecule has 0 radical (unpaired) electrons. The first-order chi connectivity index (χ1) is 11.9. The summed E-state index contributed by atoms with van der Waals surface area (Å²) in [5.41, 5.74) is 2.35. The number of anilines is 2. The van der Waals surface area contributed by atoms with Crippen molar-refractivity contribution in [2.24, 2.45) is 0 Å². The minimum atomic E-state index is -1.38. The van der Waals surface area contributed by atoms with E-state index >= 15 is 0 Å². The van der Waals surface area contributed by atoms with E-state index in [1.807, 2.05) is 19.1 Å². The highest BCUT2D eigenvalue weighted by atomic mass is 16.5. The van der Waals surface area contributed by atoms with Gasteiger partial charge >= 0.3 is 0 Å². The number of hydrogen-bond acceptors (Lipinski definition) is 6. The summed E-state index contributed by atoms with van der Waals surface area (Å²) in [5, 5.41) is 10.2. The fraction of sp³-hybridized carbons (Fsp3) is 0.632. The predicted octanol–water partition coefficient (Wildman–Crippen LogP) is 1.62. The van der Waals surface area contributed by atoms with E-state index in [9.17, 15) is 9.90 Å². The number of ketones is 1. The zero-order chi connectivity index (χ0) is 18.0. The SMILES string of the molecule is Cc1c(C(=O)C(C)(C)O)ccc(N2CCOCC2)c1N1CCOCC1. The van der Waals surface area contributed by atoms with Gasteiger partial charge in [0.05, 0.1) is 37.8 Å². The highest BCUT2D eigenvalue weighted by Crippen LogP contribution is 2.37. The van der Waals surface area contributed by atoms with Crippen LogP contribution >= 0.6 is 0 Å². The van der Waals surface area contributed by atoms with Crippen molar-refractivity contribution < 1.29 is 19.4 Å². The van der Waals surface area contributed by atoms with Crippen molar-refractivity contribution in [3.63, 3.8) is 0 Å². The molecular weight excluding hydrogens is 320 g/mol. The van der Waals surface area contributed by atoms with E-state index in [-0.39, 0.29) is 5.78 Å². The summed E-state index contributed by atoms with van der Waals surface area (Å²) in [6.45, 7) is 11.2. The normalized spacial score (nSPS) is 19.2. The van der Waals surface area contributed by atoms with Gasteiger partial charge in [0.1, 0.15) is 5.60 Å². The number of nitrogens with zero attached hydrogens (tertiary/aromatic N) is 2. The molecule has 1 N–H and O–H groups in total. The Balaban J connectivity index is 2.05. The summed E-state index contributed by atoms with van der Waals surface area (Å²) in [7, 11) is 0. The summed E-state index contributed by atoms with van der Waals surface area (Å²) in [4.78, 5) is 17.3. The molecule has 0 unspecified atom stereocenters. The standard InChI is InChI=1S/C19H28N2O4/c1-14-15(18(22)19(2,3)23)4-5-16(20-6-10-24-11-7-20)17(14)21-8-12-25-13-9-21/h4-5,23H,6-13H2,1-3H3. The van der Waals surface area contributed by atoms with Gasteiger partial charge in [-0.25, -0.2) is 0 Å². The van der Waals surface area contributed by atoms with Crippen molar-refractivity contribution in [2.75, 3.05) is 62.4 Å². The molecule has 2 aliphatic heterocycles. The van der Waals surface area contributed by atoms with E-state index in [2.05, 4.69) is 9.80 Å². The Hall–Kier alpha value is -1.63. The molecule has 1 aromatic carbocycles. The Kier molecular flexibility index (Phi) is 5.32. The molecule has 2 heterocycles. The van der Waals surface area contributed by atoms with Crippen LogP contribution in [0.2, 0.25) is 0 Å². The lowest BCUT2D eigenvalue weighted by atomic mass is 9.91. The highest BCUT2D eigenvalue weighted by molar-refractivity contribution is 6.05. The number of Topliss-reactive ketones (excluding diaryl/α,β-unsaturated/α-hetero) is 1. The molecule has 6 nitrogen and oxygen atoms in total. The Labute approximate surface area is 149 Å². The van der Waals surface area contributed by atoms with Crippen molar-refractivity contribution in [2.45, 2.75) is 26.4 Å². The lowest BCUT2D eigenvalue weighted by Crippen LogP contribution is -2.41. The molecule has 0 bridgehead atoms. The van der Waals surface area contributed by atoms with Crippen LogP contribution < -0.4 is 9.80 Å². The van der Waals surface area contributed by atoms with E-state index in [1.165, 1.54) is 0 Å². The minimum absolute atomic E-state index is 0.243. The molecule has 138 valence electrons. The summed E-state index contributed by atoms with van der Waals surface area (Å²) >= 11 is 0. The van der Waals surface area contributed by atoms with Gasteiger partial charge in [0.2, 0.25) is 0 Å². The van der Waals surface area contributed by atoms with Crippen LogP contribution in [-0.4, -0.2) is 69.1 Å². The summed E-state index contributed by atoms with van der Waals surface area (Å²) in [6, 6.07) is 3.87. The number of carbonyl (C=O) groups excluding carboxylic acids is 1. The third kappa shape index (κ3) is 3.81. The summed E-state index contributed by atoms with van der Waals surface area (Å²) in [5.74, 6) is -0.243. The Morgan fingerprint density at radius 1 is 1.00 bits per heavy atom. The second-order valence-electron chi connectivity index (χ2n) is 7.19. The van der Waals surface area contributed by atoms with E-state index in [4.69, 9.17) is 9.47 Å². The number of morpholine rings is 2. The van der Waals surface area contributed by atoms with Gasteiger partial charge in [0.15, 0.2) is 5.78 Å². The van der Waals surface area contributed by atoms with Crippen LogP contribution in [0.1, 0.15) is 29.8 Å². The fourth-order valence-corrected chi connectivity index (χ4v) is 3.51. The average molecular weight is 348 g/mol. The number of hydrogen-bond donors (Lipinski definition) is 1. The van der Waals surface area contributed by atoms with Crippen LogP contribution in [0.15, 0.2) is 12.1 Å². The molecule has 2 aliphatic rings. The van der Waals surface area contributed by atoms with Gasteiger partial charge in [-0.3, -0.25) is 4.79 Å². The fourth-order valence-electron chi connectivity index (χ4n) is 3.51. The smallest absolute Gasteiger partial charge is 0.194 e. The van der Waals surface area contributed by atoms with E-state index in [1.54, 1.807) is 13.8 Å². The number of aliphatic hydroxyl groups is 1. The summed E-state index contributed by atoms with van der Waals surface area (Å²) < 4.78 is 11.0. The summed E-state index contributed by atoms with van der Waals surface area (Å²) in [6.07, 6.45) is 0. The Morgan fingerprint density at radius 3 is 2.04 bits per heavy atom. The molecule has 0 spiro atoms. The molecule has 0 aromatic heterocycles. The molecule has 2 fully saturated rings. The molecule has 6 heteroatoms. The molecule has 3 rings (SSSR count). The van der Waals surface area contributed by atoms with Gasteiger partial charge in [-0.1, -0.05) is 0 Å². The van der Waals surface area contributed by atoms with Crippen molar-refractivity contribution in [1.82, 2.24) is 0 Å². The number of carbonyl (C=O) groups is 1. The van der Waals surface area contributed by atoms with Gasteiger partial charge < -0.3 is 24.4 Å². The second kappa shape index (κ2) is 7.32. The maximum Gasteiger partial charge on any atom is 0.194 e. The van der Waals surface area contributed by atoms with Gasteiger partial charge in [0.25, 0.3) is 0 Å². The molecule has 0 saturated carbocycles. The molecule has 0 amide bonds. The Bertz CT molecular complexity index is 627. The van der Waals surface area contributed by atoms with Crippen LogP contribution in [0.5, 0.6) is 0 Å². The predicted molar refractivity (Wildman–Crippen MR) is 97.9 cm³/mol. The van der Waals surface area contributed by atoms with Crippen molar-refractivity contribution >= 4 is 17.2 Å². The molecule has 25 heavy (non-hydrogen) atoms. The zero-order valence-electron chi connectivity index (χ0n) is 15.4. The first kappa shape index (κ1) is 18.2. The zero-order valence-corrected chi connectivity index (χ0v) is 15.4. The average Bonchev–Trinajstić information content (AvgIpc) is 2.61. The molecule has 1 aromatic rings. The lowest BCUT2D eigenvalue weighted by molar-refractivity contribution is 0.0487. The third-order valence-electron chi connectivity index (χ3n) is 4.89. The van der Waals surface area contributed by atoms with E-state index in [0.29, 0.717) is 32.0 Å². The van der Waals surface area contributed by atoms with Crippen LogP contribution in [0.25, 0.3) is 0 Å². The molecule has 2 saturated heterocycles. The number of ether oxygens (including phenoxy) is 2. The van der Waals surface area contributed by atoms with E-state index < -0.39 is 5.60 Å². The van der Waals surface area contributed by atoms with Crippen LogP contribution in [0.3, 0.4) is 0 Å². The van der Waals surface area contributed by atoms with Crippen LogP contribution in [-0.2, 0) is 9.47 Å². The van der Waals surface area contributed by atoms with Gasteiger partial charge in [-0.05, 0) is 38.5 Å². The maximum atomic E-state index is 12.7. The van der Waals surface area contributed by atoms with E-state index in [0.717, 1.165) is 43.1 Å². The molecule has 0 aliphatic carbocycles. The van der Waals surface area contributed by atoms with Crippen molar-refractivity contribution in [3.05, 3.63) is 23.3 Å². The first-order valence-electron chi connectivity index (χ1n) is 8.96. The second-order valence-corrected chi connectivity index (χ2v) is 7.19. The minimum Gasteiger partial charge on any atom is -0.382 e. The molecule has 0 atom stereocenters. The van der Waals surface area contributed by atoms with Crippen molar-refractivity contribution in [3.8, 4) is 0 Å². The number of rotatable bonds is 4. The number of benzene rings is 1. The monoisotopic (exact) mass is 348 g/mol. The topological polar surface area (TPSA) is 62.2 Å². The quantitative estimate of drug-likeness (QED) is 0.835. The van der Waals surface area contributed by atoms with Crippen LogP contribution in [0.4, 0.5) is 11.4 Å². The third-order valence-corrected chi connectivity index (χ3v) is 4.89. The molecular formula is C19H28N2O4. The van der Waals surface area contributed by atoms with Crippen LogP contribution in [0, 0.1) is 6.92 Å². The van der Waals surface area contributed by atoms with Gasteiger partial charge in [-0.2, -0.15) is 0 Å². The van der Waals surface area contributed by atoms with Gasteiger partial charge in [0, 0.05) is 31.7 Å². The lowest BCUT2D eigenvalue weighted by Gasteiger charge is -2.37. The first-order valence-corrected chi connectivity index (χ1v) is 8.96. The van der Waals surface area contributed by atoms with Crippen molar-refractivity contribution in [1.29, 1.82) is 0 Å². The largest absolute Gasteiger partial charge is 0.382 e. The highest BCUT2D eigenvalue weighted by Gasteiger charge is 2.30. The maximum absolute atomic E-state index is 12.7. The Morgan fingerprint density at radius 2 is 1.52 bits per heavy atom. The van der Waals surface area contributed by atoms with Gasteiger partial charge in [-0.15, -0.1) is 0 Å².